The molecule has 3 heterocycles. The summed E-state index contributed by atoms with van der Waals surface area (Å²) in [7, 11) is 0. The van der Waals surface area contributed by atoms with E-state index in [-0.39, 0.29) is 17.8 Å². The molecule has 0 bridgehead atoms. The lowest BCUT2D eigenvalue weighted by Crippen LogP contribution is -2.39. The van der Waals surface area contributed by atoms with Crippen LogP contribution < -0.4 is 5.73 Å². The van der Waals surface area contributed by atoms with Crippen molar-refractivity contribution >= 4 is 11.9 Å². The van der Waals surface area contributed by atoms with Gasteiger partial charge >= 0.3 is 6.01 Å². The van der Waals surface area contributed by atoms with Gasteiger partial charge in [-0.25, -0.2) is 0 Å². The fourth-order valence-electron chi connectivity index (χ4n) is 3.04. The van der Waals surface area contributed by atoms with E-state index in [9.17, 15) is 4.79 Å². The maximum atomic E-state index is 12.8. The molecule has 0 aliphatic carbocycles. The van der Waals surface area contributed by atoms with Crippen LogP contribution >= 0.6 is 0 Å². The summed E-state index contributed by atoms with van der Waals surface area (Å²) in [5.74, 6) is 2.01. The van der Waals surface area contributed by atoms with E-state index in [0.29, 0.717) is 23.8 Å². The topological polar surface area (TPSA) is 98.4 Å². The minimum Gasteiger partial charge on any atom is -0.466 e. The number of anilines is 1. The van der Waals surface area contributed by atoms with Crippen LogP contribution in [0.2, 0.25) is 0 Å². The van der Waals surface area contributed by atoms with Crippen LogP contribution in [0.25, 0.3) is 0 Å². The van der Waals surface area contributed by atoms with E-state index in [1.807, 2.05) is 25.7 Å². The molecule has 1 aliphatic rings. The Morgan fingerprint density at radius 1 is 1.23 bits per heavy atom. The quantitative estimate of drug-likeness (QED) is 0.913. The number of hydrogen-bond acceptors (Lipinski definition) is 6. The number of aromatic nitrogens is 2. The largest absolute Gasteiger partial charge is 0.466 e. The highest BCUT2D eigenvalue weighted by Crippen LogP contribution is 2.29. The smallest absolute Gasteiger partial charge is 0.312 e. The van der Waals surface area contributed by atoms with Crippen molar-refractivity contribution in [2.24, 2.45) is 0 Å². The summed E-state index contributed by atoms with van der Waals surface area (Å²) in [5, 5.41) is 7.64. The predicted molar refractivity (Wildman–Crippen MR) is 79.5 cm³/mol. The maximum absolute atomic E-state index is 12.8. The molecule has 2 N–H and O–H groups in total. The highest BCUT2D eigenvalue weighted by molar-refractivity contribution is 5.97. The Labute approximate surface area is 128 Å². The zero-order chi connectivity index (χ0) is 15.9. The Hall–Kier alpha value is -2.31. The summed E-state index contributed by atoms with van der Waals surface area (Å²) in [6, 6.07) is 0.0654. The van der Waals surface area contributed by atoms with Crippen LogP contribution in [0.5, 0.6) is 0 Å². The van der Waals surface area contributed by atoms with Gasteiger partial charge in [-0.2, -0.15) is 0 Å². The van der Waals surface area contributed by atoms with Crippen molar-refractivity contribution in [1.82, 2.24) is 15.1 Å². The molecule has 0 spiro atoms. The molecule has 1 atom stereocenters. The van der Waals surface area contributed by atoms with Crippen molar-refractivity contribution in [3.8, 4) is 0 Å². The number of likely N-dealkylation sites (tertiary alicyclic amines) is 1. The standard InChI is InChI=1S/C15H20N4O3/c1-8-9(2)21-10(3)12(8)14(20)19-6-4-5-11(7-19)13-17-18-15(16)22-13/h11H,4-7H2,1-3H3,(H2,16,18). The molecule has 7 heteroatoms. The van der Waals surface area contributed by atoms with Crippen molar-refractivity contribution in [3.05, 3.63) is 28.5 Å². The minimum atomic E-state index is 0.00374. The van der Waals surface area contributed by atoms with Crippen LogP contribution in [0.4, 0.5) is 6.01 Å². The number of furan rings is 1. The molecule has 0 aromatic carbocycles. The Kier molecular flexibility index (Phi) is 3.64. The first-order valence-electron chi connectivity index (χ1n) is 7.42. The van der Waals surface area contributed by atoms with Gasteiger partial charge in [0.15, 0.2) is 0 Å². The normalized spacial score (nSPS) is 18.7. The second kappa shape index (κ2) is 5.47. The number of nitrogens with two attached hydrogens (primary N) is 1. The molecule has 1 aliphatic heterocycles. The van der Waals surface area contributed by atoms with Crippen LogP contribution in [-0.4, -0.2) is 34.1 Å². The molecule has 0 radical (unpaired) electrons. The van der Waals surface area contributed by atoms with Crippen LogP contribution in [0, 0.1) is 20.8 Å². The third-order valence-electron chi connectivity index (χ3n) is 4.29. The number of carbonyl (C=O) groups excluding carboxylic acids is 1. The molecule has 3 rings (SSSR count). The van der Waals surface area contributed by atoms with E-state index in [1.165, 1.54) is 0 Å². The molecular formula is C15H20N4O3. The van der Waals surface area contributed by atoms with E-state index in [4.69, 9.17) is 14.6 Å². The van der Waals surface area contributed by atoms with E-state index < -0.39 is 0 Å². The third kappa shape index (κ3) is 2.47. The first-order valence-corrected chi connectivity index (χ1v) is 7.42. The second-order valence-electron chi connectivity index (χ2n) is 5.78. The Morgan fingerprint density at radius 2 is 2.00 bits per heavy atom. The van der Waals surface area contributed by atoms with Crippen LogP contribution in [0.15, 0.2) is 8.83 Å². The van der Waals surface area contributed by atoms with Gasteiger partial charge in [-0.05, 0) is 33.6 Å². The Morgan fingerprint density at radius 3 is 2.59 bits per heavy atom. The summed E-state index contributed by atoms with van der Waals surface area (Å²) in [5.41, 5.74) is 7.06. The van der Waals surface area contributed by atoms with Crippen LogP contribution in [0.3, 0.4) is 0 Å². The van der Waals surface area contributed by atoms with Crippen molar-refractivity contribution in [2.45, 2.75) is 39.5 Å². The van der Waals surface area contributed by atoms with Gasteiger partial charge in [0.2, 0.25) is 5.89 Å². The van der Waals surface area contributed by atoms with Crippen molar-refractivity contribution in [2.75, 3.05) is 18.8 Å². The van der Waals surface area contributed by atoms with Gasteiger partial charge in [0.25, 0.3) is 5.91 Å². The summed E-state index contributed by atoms with van der Waals surface area (Å²) < 4.78 is 10.9. The molecule has 1 amide bonds. The lowest BCUT2D eigenvalue weighted by Gasteiger charge is -2.31. The van der Waals surface area contributed by atoms with Gasteiger partial charge in [0.05, 0.1) is 11.5 Å². The first kappa shape index (κ1) is 14.6. The van der Waals surface area contributed by atoms with Gasteiger partial charge in [0, 0.05) is 18.7 Å². The van der Waals surface area contributed by atoms with E-state index in [1.54, 1.807) is 0 Å². The summed E-state index contributed by atoms with van der Waals surface area (Å²) in [6.07, 6.45) is 1.81. The molecule has 22 heavy (non-hydrogen) atoms. The number of nitrogens with zero attached hydrogens (tertiary/aromatic N) is 3. The van der Waals surface area contributed by atoms with Gasteiger partial charge in [-0.15, -0.1) is 5.10 Å². The average Bonchev–Trinajstić information content (AvgIpc) is 3.03. The molecule has 2 aromatic heterocycles. The molecule has 7 nitrogen and oxygen atoms in total. The van der Waals surface area contributed by atoms with Crippen LogP contribution in [0.1, 0.15) is 52.1 Å². The van der Waals surface area contributed by atoms with Crippen LogP contribution in [-0.2, 0) is 0 Å². The summed E-state index contributed by atoms with van der Waals surface area (Å²) in [4.78, 5) is 14.6. The third-order valence-corrected chi connectivity index (χ3v) is 4.29. The lowest BCUT2D eigenvalue weighted by atomic mass is 9.97. The van der Waals surface area contributed by atoms with Crippen molar-refractivity contribution < 1.29 is 13.6 Å². The average molecular weight is 304 g/mol. The molecule has 0 saturated carbocycles. The molecule has 1 saturated heterocycles. The van der Waals surface area contributed by atoms with Gasteiger partial charge in [0.1, 0.15) is 11.5 Å². The monoisotopic (exact) mass is 304 g/mol. The minimum absolute atomic E-state index is 0.00374. The Bertz CT molecular complexity index is 704. The van der Waals surface area contributed by atoms with E-state index in [2.05, 4.69) is 10.2 Å². The number of hydrogen-bond donors (Lipinski definition) is 1. The number of rotatable bonds is 2. The molecular weight excluding hydrogens is 284 g/mol. The maximum Gasteiger partial charge on any atom is 0.312 e. The number of nitrogen functional groups attached to an aromatic ring is 1. The first-order chi connectivity index (χ1) is 10.5. The number of aryl methyl sites for hydroxylation is 2. The zero-order valence-electron chi connectivity index (χ0n) is 13.0. The van der Waals surface area contributed by atoms with E-state index >= 15 is 0 Å². The summed E-state index contributed by atoms with van der Waals surface area (Å²) >= 11 is 0. The predicted octanol–water partition coefficient (Wildman–Crippen LogP) is 2.19. The van der Waals surface area contributed by atoms with Gasteiger partial charge in [-0.3, -0.25) is 4.79 Å². The fraction of sp³-hybridized carbons (Fsp3) is 0.533. The Balaban J connectivity index is 1.81. The fourth-order valence-corrected chi connectivity index (χ4v) is 3.04. The lowest BCUT2D eigenvalue weighted by molar-refractivity contribution is 0.0696. The number of amides is 1. The van der Waals surface area contributed by atoms with Crippen molar-refractivity contribution in [1.29, 1.82) is 0 Å². The van der Waals surface area contributed by atoms with Crippen molar-refractivity contribution in [3.63, 3.8) is 0 Å². The molecule has 2 aromatic rings. The van der Waals surface area contributed by atoms with Gasteiger partial charge < -0.3 is 19.5 Å². The number of piperidine rings is 1. The SMILES string of the molecule is Cc1oc(C)c(C(=O)N2CCCC(c3nnc(N)o3)C2)c1C. The highest BCUT2D eigenvalue weighted by Gasteiger charge is 2.31. The highest BCUT2D eigenvalue weighted by atomic mass is 16.4. The molecule has 118 valence electrons. The zero-order valence-corrected chi connectivity index (χ0v) is 13.0. The number of carbonyl (C=O) groups is 1. The molecule has 1 unspecified atom stereocenters. The second-order valence-corrected chi connectivity index (χ2v) is 5.78. The summed E-state index contributed by atoms with van der Waals surface area (Å²) in [6.45, 7) is 6.90. The van der Waals surface area contributed by atoms with E-state index in [0.717, 1.165) is 30.7 Å². The van der Waals surface area contributed by atoms with Gasteiger partial charge in [-0.1, -0.05) is 5.10 Å². The molecule has 1 fully saturated rings.